The van der Waals surface area contributed by atoms with Gasteiger partial charge in [0.15, 0.2) is 0 Å². The predicted octanol–water partition coefficient (Wildman–Crippen LogP) is 2.18. The second-order valence-electron chi connectivity index (χ2n) is 5.02. The maximum atomic E-state index is 11.8. The number of ether oxygens (including phenoxy) is 1. The van der Waals surface area contributed by atoms with Crippen LogP contribution in [0, 0.1) is 5.92 Å². The zero-order valence-corrected chi connectivity index (χ0v) is 12.2. The van der Waals surface area contributed by atoms with Gasteiger partial charge in [0.05, 0.1) is 18.2 Å². The quantitative estimate of drug-likeness (QED) is 0.781. The highest BCUT2D eigenvalue weighted by atomic mass is 16.5. The van der Waals surface area contributed by atoms with Crippen LogP contribution in [0.3, 0.4) is 0 Å². The molecule has 110 valence electrons. The molecule has 0 aliphatic rings. The molecule has 1 aromatic rings. The monoisotopic (exact) mass is 278 g/mol. The van der Waals surface area contributed by atoms with Crippen molar-refractivity contribution in [3.8, 4) is 0 Å². The zero-order valence-electron chi connectivity index (χ0n) is 12.2. The fourth-order valence-electron chi connectivity index (χ4n) is 1.75. The third-order valence-corrected chi connectivity index (χ3v) is 2.73. The van der Waals surface area contributed by atoms with E-state index in [1.807, 2.05) is 13.8 Å². The molecule has 1 aromatic carbocycles. The van der Waals surface area contributed by atoms with Crippen LogP contribution in [-0.4, -0.2) is 24.5 Å². The molecule has 0 aliphatic heterocycles. The molecule has 1 amide bonds. The summed E-state index contributed by atoms with van der Waals surface area (Å²) in [7, 11) is 0. The normalized spacial score (nSPS) is 12.1. The summed E-state index contributed by atoms with van der Waals surface area (Å²) in [6.45, 7) is 6.12. The second-order valence-corrected chi connectivity index (χ2v) is 5.02. The van der Waals surface area contributed by atoms with E-state index in [9.17, 15) is 9.59 Å². The van der Waals surface area contributed by atoms with E-state index in [4.69, 9.17) is 10.5 Å². The maximum absolute atomic E-state index is 11.8. The summed E-state index contributed by atoms with van der Waals surface area (Å²) in [4.78, 5) is 23.3. The average molecular weight is 278 g/mol. The number of amides is 1. The van der Waals surface area contributed by atoms with Crippen molar-refractivity contribution in [2.24, 2.45) is 11.7 Å². The molecular weight excluding hydrogens is 256 g/mol. The molecule has 5 nitrogen and oxygen atoms in total. The minimum Gasteiger partial charge on any atom is -0.462 e. The SMILES string of the molecule is CCOC(=O)c1ccc(NC(=O)[C@H](N)CC(C)C)cc1. The van der Waals surface area contributed by atoms with Gasteiger partial charge < -0.3 is 15.8 Å². The van der Waals surface area contributed by atoms with Crippen LogP contribution < -0.4 is 11.1 Å². The first kappa shape index (κ1) is 16.2. The highest BCUT2D eigenvalue weighted by Gasteiger charge is 2.15. The lowest BCUT2D eigenvalue weighted by atomic mass is 10.0. The van der Waals surface area contributed by atoms with Gasteiger partial charge in [-0.3, -0.25) is 4.79 Å². The van der Waals surface area contributed by atoms with Gasteiger partial charge in [-0.2, -0.15) is 0 Å². The molecule has 0 aromatic heterocycles. The number of benzene rings is 1. The van der Waals surface area contributed by atoms with Gasteiger partial charge in [-0.25, -0.2) is 4.79 Å². The van der Waals surface area contributed by atoms with Gasteiger partial charge in [0.1, 0.15) is 0 Å². The van der Waals surface area contributed by atoms with E-state index in [2.05, 4.69) is 5.32 Å². The number of hydrogen-bond acceptors (Lipinski definition) is 4. The number of esters is 1. The van der Waals surface area contributed by atoms with Crippen LogP contribution >= 0.6 is 0 Å². The Hall–Kier alpha value is -1.88. The first-order valence-corrected chi connectivity index (χ1v) is 6.77. The van der Waals surface area contributed by atoms with Crippen molar-refractivity contribution in [1.82, 2.24) is 0 Å². The number of rotatable bonds is 6. The number of carbonyl (C=O) groups is 2. The van der Waals surface area contributed by atoms with Gasteiger partial charge in [-0.1, -0.05) is 13.8 Å². The van der Waals surface area contributed by atoms with Crippen LogP contribution in [0.25, 0.3) is 0 Å². The van der Waals surface area contributed by atoms with Crippen molar-refractivity contribution in [2.75, 3.05) is 11.9 Å². The molecule has 0 fully saturated rings. The first-order valence-electron chi connectivity index (χ1n) is 6.77. The smallest absolute Gasteiger partial charge is 0.338 e. The number of anilines is 1. The van der Waals surface area contributed by atoms with Crippen molar-refractivity contribution >= 4 is 17.6 Å². The molecule has 0 unspecified atom stereocenters. The fourth-order valence-corrected chi connectivity index (χ4v) is 1.75. The van der Waals surface area contributed by atoms with E-state index in [1.54, 1.807) is 31.2 Å². The third-order valence-electron chi connectivity index (χ3n) is 2.73. The Morgan fingerprint density at radius 1 is 1.25 bits per heavy atom. The largest absolute Gasteiger partial charge is 0.462 e. The van der Waals surface area contributed by atoms with Gasteiger partial charge in [0.25, 0.3) is 0 Å². The van der Waals surface area contributed by atoms with Crippen molar-refractivity contribution in [2.45, 2.75) is 33.2 Å². The van der Waals surface area contributed by atoms with Crippen LogP contribution in [-0.2, 0) is 9.53 Å². The number of nitrogens with one attached hydrogen (secondary N) is 1. The molecular formula is C15H22N2O3. The summed E-state index contributed by atoms with van der Waals surface area (Å²) >= 11 is 0. The molecule has 0 saturated carbocycles. The van der Waals surface area contributed by atoms with Gasteiger partial charge >= 0.3 is 5.97 Å². The number of carbonyl (C=O) groups excluding carboxylic acids is 2. The van der Waals surface area contributed by atoms with E-state index in [-0.39, 0.29) is 11.9 Å². The number of nitrogens with two attached hydrogens (primary N) is 1. The predicted molar refractivity (Wildman–Crippen MR) is 78.5 cm³/mol. The van der Waals surface area contributed by atoms with E-state index in [0.717, 1.165) is 0 Å². The summed E-state index contributed by atoms with van der Waals surface area (Å²) in [5.41, 5.74) is 6.87. The van der Waals surface area contributed by atoms with Gasteiger partial charge in [0.2, 0.25) is 5.91 Å². The van der Waals surface area contributed by atoms with Crippen molar-refractivity contribution in [1.29, 1.82) is 0 Å². The maximum Gasteiger partial charge on any atom is 0.338 e. The summed E-state index contributed by atoms with van der Waals surface area (Å²) in [6, 6.07) is 6.02. The molecule has 0 heterocycles. The van der Waals surface area contributed by atoms with Crippen molar-refractivity contribution < 1.29 is 14.3 Å². The summed E-state index contributed by atoms with van der Waals surface area (Å²) in [5.74, 6) is -0.230. The van der Waals surface area contributed by atoms with Crippen molar-refractivity contribution in [3.63, 3.8) is 0 Å². The van der Waals surface area contributed by atoms with E-state index < -0.39 is 6.04 Å². The van der Waals surface area contributed by atoms with Crippen LogP contribution in [0.2, 0.25) is 0 Å². The minimum absolute atomic E-state index is 0.220. The summed E-state index contributed by atoms with van der Waals surface area (Å²) in [6.07, 6.45) is 0.632. The highest BCUT2D eigenvalue weighted by molar-refractivity contribution is 5.95. The lowest BCUT2D eigenvalue weighted by molar-refractivity contribution is -0.117. The lowest BCUT2D eigenvalue weighted by Gasteiger charge is -2.14. The molecule has 0 bridgehead atoms. The van der Waals surface area contributed by atoms with Crippen LogP contribution in [0.5, 0.6) is 0 Å². The Balaban J connectivity index is 2.61. The second kappa shape index (κ2) is 7.65. The topological polar surface area (TPSA) is 81.4 Å². The molecule has 0 aliphatic carbocycles. The summed E-state index contributed by atoms with van der Waals surface area (Å²) < 4.78 is 4.88. The lowest BCUT2D eigenvalue weighted by Crippen LogP contribution is -2.36. The molecule has 3 N–H and O–H groups in total. The number of hydrogen-bond donors (Lipinski definition) is 2. The van der Waals surface area contributed by atoms with Crippen LogP contribution in [0.4, 0.5) is 5.69 Å². The Bertz CT molecular complexity index is 455. The molecule has 1 rings (SSSR count). The van der Waals surface area contributed by atoms with E-state index in [0.29, 0.717) is 30.2 Å². The molecule has 1 atom stereocenters. The van der Waals surface area contributed by atoms with E-state index in [1.165, 1.54) is 0 Å². The fraction of sp³-hybridized carbons (Fsp3) is 0.467. The zero-order chi connectivity index (χ0) is 15.1. The molecule has 5 heteroatoms. The first-order chi connectivity index (χ1) is 9.43. The van der Waals surface area contributed by atoms with Gasteiger partial charge in [0, 0.05) is 5.69 Å². The molecule has 20 heavy (non-hydrogen) atoms. The minimum atomic E-state index is -0.528. The standard InChI is InChI=1S/C15H22N2O3/c1-4-20-15(19)11-5-7-12(8-6-11)17-14(18)13(16)9-10(2)3/h5-8,10,13H,4,9,16H2,1-3H3,(H,17,18)/t13-/m1/s1. The van der Waals surface area contributed by atoms with E-state index >= 15 is 0 Å². The van der Waals surface area contributed by atoms with Crippen LogP contribution in [0.15, 0.2) is 24.3 Å². The highest BCUT2D eigenvalue weighted by Crippen LogP contribution is 2.12. The Kier molecular flexibility index (Phi) is 6.18. The third kappa shape index (κ3) is 5.01. The Morgan fingerprint density at radius 2 is 1.85 bits per heavy atom. The molecule has 0 spiro atoms. The van der Waals surface area contributed by atoms with Gasteiger partial charge in [-0.05, 0) is 43.5 Å². The van der Waals surface area contributed by atoms with Gasteiger partial charge in [-0.15, -0.1) is 0 Å². The Morgan fingerprint density at radius 3 is 2.35 bits per heavy atom. The van der Waals surface area contributed by atoms with Crippen molar-refractivity contribution in [3.05, 3.63) is 29.8 Å². The van der Waals surface area contributed by atoms with Crippen LogP contribution in [0.1, 0.15) is 37.6 Å². The average Bonchev–Trinajstić information content (AvgIpc) is 2.39. The molecule has 0 saturated heterocycles. The molecule has 0 radical (unpaired) electrons. The Labute approximate surface area is 119 Å². The summed E-state index contributed by atoms with van der Waals surface area (Å²) in [5, 5.41) is 2.73.